The molecule has 132 valence electrons. The second kappa shape index (κ2) is 7.88. The molecule has 0 radical (unpaired) electrons. The van der Waals surface area contributed by atoms with E-state index in [-0.39, 0.29) is 17.9 Å². The Balaban J connectivity index is 1.45. The lowest BCUT2D eigenvalue weighted by molar-refractivity contribution is -0.121. The highest BCUT2D eigenvalue weighted by molar-refractivity contribution is 5.91. The molecule has 2 heterocycles. The average molecular weight is 342 g/mol. The highest BCUT2D eigenvalue weighted by Crippen LogP contribution is 2.15. The fourth-order valence-corrected chi connectivity index (χ4v) is 2.99. The first-order valence-electron chi connectivity index (χ1n) is 8.41. The Morgan fingerprint density at radius 1 is 1.20 bits per heavy atom. The van der Waals surface area contributed by atoms with Crippen LogP contribution in [0.1, 0.15) is 29.0 Å². The van der Waals surface area contributed by atoms with Crippen LogP contribution in [0, 0.1) is 0 Å². The summed E-state index contributed by atoms with van der Waals surface area (Å²) in [5, 5.41) is 3.06. The van der Waals surface area contributed by atoms with E-state index in [0.29, 0.717) is 25.3 Å². The van der Waals surface area contributed by atoms with Crippen LogP contribution < -0.4 is 10.1 Å². The quantitative estimate of drug-likeness (QED) is 0.905. The SMILES string of the molecule is COc1ccc(CC(=O)NC2CCN(C(=O)c3ccco3)CC2)cc1. The van der Waals surface area contributed by atoms with Gasteiger partial charge < -0.3 is 19.4 Å². The number of ether oxygens (including phenoxy) is 1. The summed E-state index contributed by atoms with van der Waals surface area (Å²) in [5.41, 5.74) is 0.948. The Morgan fingerprint density at radius 2 is 1.92 bits per heavy atom. The first kappa shape index (κ1) is 17.1. The highest BCUT2D eigenvalue weighted by Gasteiger charge is 2.25. The molecule has 1 aliphatic heterocycles. The summed E-state index contributed by atoms with van der Waals surface area (Å²) in [6.45, 7) is 1.24. The third-order valence-electron chi connectivity index (χ3n) is 4.40. The molecule has 1 aliphatic rings. The maximum atomic E-state index is 12.2. The smallest absolute Gasteiger partial charge is 0.289 e. The fraction of sp³-hybridized carbons (Fsp3) is 0.368. The summed E-state index contributed by atoms with van der Waals surface area (Å²) in [6, 6.07) is 11.0. The molecule has 0 atom stereocenters. The number of hydrogen-bond acceptors (Lipinski definition) is 4. The monoisotopic (exact) mass is 342 g/mol. The van der Waals surface area contributed by atoms with Crippen molar-refractivity contribution in [2.45, 2.75) is 25.3 Å². The lowest BCUT2D eigenvalue weighted by atomic mass is 10.0. The lowest BCUT2D eigenvalue weighted by Gasteiger charge is -2.31. The molecule has 1 aromatic carbocycles. The van der Waals surface area contributed by atoms with E-state index in [1.54, 1.807) is 24.1 Å². The minimum atomic E-state index is -0.0898. The van der Waals surface area contributed by atoms with E-state index < -0.39 is 0 Å². The van der Waals surface area contributed by atoms with Gasteiger partial charge in [-0.3, -0.25) is 9.59 Å². The number of piperidine rings is 1. The van der Waals surface area contributed by atoms with Crippen LogP contribution >= 0.6 is 0 Å². The number of amides is 2. The van der Waals surface area contributed by atoms with E-state index in [1.165, 1.54) is 6.26 Å². The molecule has 0 bridgehead atoms. The molecule has 0 spiro atoms. The van der Waals surface area contributed by atoms with Crippen LogP contribution in [-0.2, 0) is 11.2 Å². The van der Waals surface area contributed by atoms with Crippen molar-refractivity contribution >= 4 is 11.8 Å². The van der Waals surface area contributed by atoms with Gasteiger partial charge in [-0.05, 0) is 42.7 Å². The van der Waals surface area contributed by atoms with E-state index in [9.17, 15) is 9.59 Å². The molecule has 0 saturated carbocycles. The van der Waals surface area contributed by atoms with Crippen LogP contribution in [0.2, 0.25) is 0 Å². The molecule has 25 heavy (non-hydrogen) atoms. The summed E-state index contributed by atoms with van der Waals surface area (Å²) in [6.07, 6.45) is 3.34. The Labute approximate surface area is 146 Å². The van der Waals surface area contributed by atoms with Gasteiger partial charge in [0.2, 0.25) is 5.91 Å². The van der Waals surface area contributed by atoms with Gasteiger partial charge >= 0.3 is 0 Å². The molecule has 1 N–H and O–H groups in total. The van der Waals surface area contributed by atoms with Gasteiger partial charge in [0.25, 0.3) is 5.91 Å². The third-order valence-corrected chi connectivity index (χ3v) is 4.40. The minimum absolute atomic E-state index is 0.000906. The third kappa shape index (κ3) is 4.41. The number of carbonyl (C=O) groups is 2. The standard InChI is InChI=1S/C19H22N2O4/c1-24-16-6-4-14(5-7-16)13-18(22)20-15-8-10-21(11-9-15)19(23)17-3-2-12-25-17/h2-7,12,15H,8-11,13H2,1H3,(H,20,22). The van der Waals surface area contributed by atoms with E-state index in [0.717, 1.165) is 24.2 Å². The molecular weight excluding hydrogens is 320 g/mol. The van der Waals surface area contributed by atoms with Crippen LogP contribution in [0.25, 0.3) is 0 Å². The number of rotatable bonds is 5. The van der Waals surface area contributed by atoms with Gasteiger partial charge in [-0.15, -0.1) is 0 Å². The van der Waals surface area contributed by atoms with Crippen molar-refractivity contribution in [3.8, 4) is 5.75 Å². The number of furan rings is 1. The first-order chi connectivity index (χ1) is 12.2. The Morgan fingerprint density at radius 3 is 2.52 bits per heavy atom. The van der Waals surface area contributed by atoms with Crippen LogP contribution in [0.5, 0.6) is 5.75 Å². The molecule has 1 saturated heterocycles. The molecule has 2 amide bonds. The maximum absolute atomic E-state index is 12.2. The predicted molar refractivity (Wildman–Crippen MR) is 92.5 cm³/mol. The first-order valence-corrected chi connectivity index (χ1v) is 8.41. The molecule has 3 rings (SSSR count). The number of likely N-dealkylation sites (tertiary alicyclic amines) is 1. The summed E-state index contributed by atoms with van der Waals surface area (Å²) in [5.74, 6) is 1.05. The zero-order valence-corrected chi connectivity index (χ0v) is 14.2. The predicted octanol–water partition coefficient (Wildman–Crippen LogP) is 2.25. The molecule has 0 aliphatic carbocycles. The van der Waals surface area contributed by atoms with Gasteiger partial charge in [-0.2, -0.15) is 0 Å². The second-order valence-corrected chi connectivity index (χ2v) is 6.14. The van der Waals surface area contributed by atoms with Crippen molar-refractivity contribution in [2.24, 2.45) is 0 Å². The summed E-state index contributed by atoms with van der Waals surface area (Å²) >= 11 is 0. The van der Waals surface area contributed by atoms with Crippen LogP contribution in [0.3, 0.4) is 0 Å². The highest BCUT2D eigenvalue weighted by atomic mass is 16.5. The van der Waals surface area contributed by atoms with E-state index >= 15 is 0 Å². The molecule has 1 aromatic heterocycles. The largest absolute Gasteiger partial charge is 0.497 e. The molecular formula is C19H22N2O4. The number of carbonyl (C=O) groups excluding carboxylic acids is 2. The number of nitrogens with one attached hydrogen (secondary N) is 1. The van der Waals surface area contributed by atoms with Gasteiger partial charge in [0.15, 0.2) is 5.76 Å². The normalized spacial score (nSPS) is 15.0. The van der Waals surface area contributed by atoms with Crippen molar-refractivity contribution in [1.82, 2.24) is 10.2 Å². The molecule has 6 heteroatoms. The van der Waals surface area contributed by atoms with Crippen LogP contribution in [-0.4, -0.2) is 43.0 Å². The Kier molecular flexibility index (Phi) is 5.38. The van der Waals surface area contributed by atoms with Gasteiger partial charge in [0.1, 0.15) is 5.75 Å². The van der Waals surface area contributed by atoms with Crippen molar-refractivity contribution < 1.29 is 18.7 Å². The molecule has 2 aromatic rings. The Bertz CT molecular complexity index is 702. The van der Waals surface area contributed by atoms with Gasteiger partial charge in [0.05, 0.1) is 19.8 Å². The molecule has 6 nitrogen and oxygen atoms in total. The molecule has 1 fully saturated rings. The van der Waals surface area contributed by atoms with E-state index in [2.05, 4.69) is 5.32 Å². The number of nitrogens with zero attached hydrogens (tertiary/aromatic N) is 1. The average Bonchev–Trinajstić information content (AvgIpc) is 3.17. The fourth-order valence-electron chi connectivity index (χ4n) is 2.99. The van der Waals surface area contributed by atoms with Gasteiger partial charge in [-0.25, -0.2) is 0 Å². The van der Waals surface area contributed by atoms with Gasteiger partial charge in [0, 0.05) is 19.1 Å². The summed E-state index contributed by atoms with van der Waals surface area (Å²) in [4.78, 5) is 26.2. The van der Waals surface area contributed by atoms with Crippen molar-refractivity contribution in [2.75, 3.05) is 20.2 Å². The Hall–Kier alpha value is -2.76. The van der Waals surface area contributed by atoms with Crippen molar-refractivity contribution in [3.63, 3.8) is 0 Å². The summed E-state index contributed by atoms with van der Waals surface area (Å²) in [7, 11) is 1.62. The van der Waals surface area contributed by atoms with Crippen LogP contribution in [0.15, 0.2) is 47.1 Å². The number of hydrogen-bond donors (Lipinski definition) is 1. The zero-order chi connectivity index (χ0) is 17.6. The maximum Gasteiger partial charge on any atom is 0.289 e. The van der Waals surface area contributed by atoms with E-state index in [1.807, 2.05) is 24.3 Å². The lowest BCUT2D eigenvalue weighted by Crippen LogP contribution is -2.46. The van der Waals surface area contributed by atoms with Crippen molar-refractivity contribution in [1.29, 1.82) is 0 Å². The van der Waals surface area contributed by atoms with Gasteiger partial charge in [-0.1, -0.05) is 12.1 Å². The molecule has 0 unspecified atom stereocenters. The topological polar surface area (TPSA) is 71.8 Å². The number of methoxy groups -OCH3 is 1. The van der Waals surface area contributed by atoms with Crippen molar-refractivity contribution in [3.05, 3.63) is 54.0 Å². The second-order valence-electron chi connectivity index (χ2n) is 6.14. The zero-order valence-electron chi connectivity index (χ0n) is 14.2. The summed E-state index contributed by atoms with van der Waals surface area (Å²) < 4.78 is 10.3. The van der Waals surface area contributed by atoms with E-state index in [4.69, 9.17) is 9.15 Å². The van der Waals surface area contributed by atoms with Crippen LogP contribution in [0.4, 0.5) is 0 Å². The minimum Gasteiger partial charge on any atom is -0.497 e. The number of benzene rings is 1.